The third-order valence-electron chi connectivity index (χ3n) is 1.92. The van der Waals surface area contributed by atoms with Gasteiger partial charge < -0.3 is 5.73 Å². The Morgan fingerprint density at radius 3 is 2.12 bits per heavy atom. The predicted octanol–water partition coefficient (Wildman–Crippen LogP) is 0.840. The van der Waals surface area contributed by atoms with E-state index in [1.807, 2.05) is 0 Å². The number of alkyl halides is 1. The molecule has 0 spiro atoms. The van der Waals surface area contributed by atoms with Crippen LogP contribution in [0.1, 0.15) is 0 Å². The highest BCUT2D eigenvalue weighted by Gasteiger charge is 2.46. The number of allylic oxidation sites excluding steroid dienone is 1. The van der Waals surface area contributed by atoms with Crippen LogP contribution < -0.4 is 5.73 Å². The molecule has 0 aromatic heterocycles. The number of hydrogen-bond donors (Lipinski definition) is 1. The van der Waals surface area contributed by atoms with Crippen molar-refractivity contribution < 1.29 is 16.8 Å². The minimum absolute atomic E-state index is 0.463. The van der Waals surface area contributed by atoms with Crippen LogP contribution in [0.2, 0.25) is 0 Å². The standard InChI is InChI=1S/C6H6Cl3NO4S2/c7-6(16(9,13)14)3-4(15(8,11)12)1-2-5(6)10/h1-3,5H,10H2. The Kier molecular flexibility index (Phi) is 3.70. The van der Waals surface area contributed by atoms with Gasteiger partial charge in [-0.15, -0.1) is 0 Å². The minimum Gasteiger partial charge on any atom is -0.322 e. The molecule has 16 heavy (non-hydrogen) atoms. The van der Waals surface area contributed by atoms with Crippen LogP contribution in [0.4, 0.5) is 0 Å². The number of rotatable bonds is 2. The SMILES string of the molecule is NC1C=CC(S(=O)(=O)Cl)=CC1(Cl)S(=O)(=O)Cl. The Morgan fingerprint density at radius 2 is 1.75 bits per heavy atom. The first-order valence-electron chi connectivity index (χ1n) is 3.73. The van der Waals surface area contributed by atoms with Gasteiger partial charge in [-0.3, -0.25) is 0 Å². The Hall–Kier alpha value is 0.210. The Balaban J connectivity index is 3.45. The van der Waals surface area contributed by atoms with Gasteiger partial charge in [0.25, 0.3) is 18.1 Å². The van der Waals surface area contributed by atoms with E-state index in [1.54, 1.807) is 0 Å². The summed E-state index contributed by atoms with van der Waals surface area (Å²) in [6.45, 7) is 0. The topological polar surface area (TPSA) is 94.3 Å². The van der Waals surface area contributed by atoms with Gasteiger partial charge >= 0.3 is 0 Å². The molecule has 1 aliphatic rings. The summed E-state index contributed by atoms with van der Waals surface area (Å²) in [7, 11) is 1.76. The lowest BCUT2D eigenvalue weighted by Crippen LogP contribution is -2.46. The third-order valence-corrected chi connectivity index (χ3v) is 6.38. The van der Waals surface area contributed by atoms with Crippen molar-refractivity contribution in [2.75, 3.05) is 0 Å². The first-order chi connectivity index (χ1) is 6.98. The lowest BCUT2D eigenvalue weighted by Gasteiger charge is -2.27. The highest BCUT2D eigenvalue weighted by atomic mass is 35.7. The molecule has 2 unspecified atom stereocenters. The molecule has 0 saturated heterocycles. The van der Waals surface area contributed by atoms with Crippen LogP contribution in [-0.2, 0) is 18.1 Å². The van der Waals surface area contributed by atoms with E-state index in [1.165, 1.54) is 0 Å². The zero-order valence-electron chi connectivity index (χ0n) is 7.47. The molecule has 5 nitrogen and oxygen atoms in total. The van der Waals surface area contributed by atoms with Crippen molar-refractivity contribution in [2.24, 2.45) is 5.73 Å². The van der Waals surface area contributed by atoms with E-state index >= 15 is 0 Å². The molecule has 0 heterocycles. The van der Waals surface area contributed by atoms with Gasteiger partial charge in [0.15, 0.2) is 4.21 Å². The number of halogens is 3. The monoisotopic (exact) mass is 325 g/mol. The maximum absolute atomic E-state index is 11.2. The van der Waals surface area contributed by atoms with Gasteiger partial charge in [0.05, 0.1) is 10.9 Å². The molecule has 2 N–H and O–H groups in total. The van der Waals surface area contributed by atoms with Crippen LogP contribution in [0.15, 0.2) is 23.1 Å². The second kappa shape index (κ2) is 4.15. The zero-order valence-corrected chi connectivity index (χ0v) is 11.4. The molecule has 0 radical (unpaired) electrons. The van der Waals surface area contributed by atoms with E-state index < -0.39 is 33.3 Å². The molecule has 0 bridgehead atoms. The third kappa shape index (κ3) is 2.55. The molecule has 0 fully saturated rings. The van der Waals surface area contributed by atoms with Crippen molar-refractivity contribution in [3.63, 3.8) is 0 Å². The summed E-state index contributed by atoms with van der Waals surface area (Å²) in [5.74, 6) is 0. The number of hydrogen-bond acceptors (Lipinski definition) is 5. The molecule has 1 aliphatic carbocycles. The van der Waals surface area contributed by atoms with Crippen LogP contribution in [0.25, 0.3) is 0 Å². The molecule has 92 valence electrons. The van der Waals surface area contributed by atoms with Gasteiger partial charge in [-0.2, -0.15) is 0 Å². The van der Waals surface area contributed by atoms with Crippen LogP contribution in [-0.4, -0.2) is 27.1 Å². The van der Waals surface area contributed by atoms with Crippen molar-refractivity contribution in [2.45, 2.75) is 10.2 Å². The van der Waals surface area contributed by atoms with E-state index in [9.17, 15) is 16.8 Å². The quantitative estimate of drug-likeness (QED) is 0.599. The summed E-state index contributed by atoms with van der Waals surface area (Å²) >= 11 is 5.71. The molecule has 0 aromatic rings. The molecule has 10 heteroatoms. The fourth-order valence-electron chi connectivity index (χ4n) is 1.05. The summed E-state index contributed by atoms with van der Waals surface area (Å²) in [6, 6.07) is -1.17. The maximum Gasteiger partial charge on any atom is 0.261 e. The fraction of sp³-hybridized carbons (Fsp3) is 0.333. The van der Waals surface area contributed by atoms with Crippen LogP contribution in [0.3, 0.4) is 0 Å². The van der Waals surface area contributed by atoms with Gasteiger partial charge in [-0.1, -0.05) is 17.7 Å². The average Bonchev–Trinajstić information content (AvgIpc) is 2.06. The molecule has 0 saturated carbocycles. The zero-order chi connectivity index (χ0) is 12.8. The Morgan fingerprint density at radius 1 is 1.25 bits per heavy atom. The van der Waals surface area contributed by atoms with Gasteiger partial charge in [0, 0.05) is 21.4 Å². The van der Waals surface area contributed by atoms with Gasteiger partial charge in [0.1, 0.15) is 0 Å². The summed E-state index contributed by atoms with van der Waals surface area (Å²) < 4.78 is 42.3. The lowest BCUT2D eigenvalue weighted by molar-refractivity contribution is 0.587. The largest absolute Gasteiger partial charge is 0.322 e. The summed E-state index contributed by atoms with van der Waals surface area (Å²) in [4.78, 5) is -0.463. The second-order valence-corrected chi connectivity index (χ2v) is 9.19. The molecule has 0 amide bonds. The Labute approximate surface area is 107 Å². The lowest BCUT2D eigenvalue weighted by atomic mass is 10.1. The second-order valence-electron chi connectivity index (χ2n) is 3.01. The first-order valence-corrected chi connectivity index (χ1v) is 8.72. The van der Waals surface area contributed by atoms with E-state index in [-0.39, 0.29) is 0 Å². The summed E-state index contributed by atoms with van der Waals surface area (Å²) in [6.07, 6.45) is 2.88. The highest BCUT2D eigenvalue weighted by Crippen LogP contribution is 2.37. The van der Waals surface area contributed by atoms with E-state index in [4.69, 9.17) is 38.7 Å². The van der Waals surface area contributed by atoms with Crippen molar-refractivity contribution in [1.82, 2.24) is 0 Å². The maximum atomic E-state index is 11.2. The molecule has 0 aromatic carbocycles. The van der Waals surface area contributed by atoms with Gasteiger partial charge in [0.2, 0.25) is 0 Å². The normalized spacial score (nSPS) is 31.2. The summed E-state index contributed by atoms with van der Waals surface area (Å²) in [5, 5.41) is 0. The smallest absolute Gasteiger partial charge is 0.261 e. The number of nitrogens with two attached hydrogens (primary N) is 1. The van der Waals surface area contributed by atoms with Gasteiger partial charge in [-0.05, 0) is 12.2 Å². The highest BCUT2D eigenvalue weighted by molar-refractivity contribution is 8.17. The molecular formula is C6H6Cl3NO4S2. The Bertz CT molecular complexity index is 565. The minimum atomic E-state index is -4.31. The summed E-state index contributed by atoms with van der Waals surface area (Å²) in [5.41, 5.74) is 5.44. The predicted molar refractivity (Wildman–Crippen MR) is 63.3 cm³/mol. The van der Waals surface area contributed by atoms with E-state index in [0.717, 1.165) is 12.2 Å². The fourth-order valence-corrected chi connectivity index (χ4v) is 3.35. The van der Waals surface area contributed by atoms with Crippen LogP contribution in [0.5, 0.6) is 0 Å². The molecule has 1 rings (SSSR count). The van der Waals surface area contributed by atoms with Gasteiger partial charge in [-0.25, -0.2) is 16.8 Å². The van der Waals surface area contributed by atoms with E-state index in [2.05, 4.69) is 0 Å². The molecule has 0 aliphatic heterocycles. The first kappa shape index (κ1) is 14.3. The van der Waals surface area contributed by atoms with Crippen molar-refractivity contribution in [3.8, 4) is 0 Å². The van der Waals surface area contributed by atoms with Crippen LogP contribution >= 0.6 is 33.0 Å². The van der Waals surface area contributed by atoms with Crippen molar-refractivity contribution in [3.05, 3.63) is 23.1 Å². The average molecular weight is 327 g/mol. The molecular weight excluding hydrogens is 321 g/mol. The van der Waals surface area contributed by atoms with Crippen LogP contribution in [0, 0.1) is 0 Å². The van der Waals surface area contributed by atoms with Crippen molar-refractivity contribution in [1.29, 1.82) is 0 Å². The molecule has 2 atom stereocenters. The van der Waals surface area contributed by atoms with E-state index in [0.29, 0.717) is 6.08 Å². The van der Waals surface area contributed by atoms with Crippen molar-refractivity contribution >= 4 is 51.1 Å².